The molecule has 1 saturated heterocycles. The first-order valence-electron chi connectivity index (χ1n) is 6.98. The monoisotopic (exact) mass is 305 g/mol. The minimum atomic E-state index is -0.0653. The quantitative estimate of drug-likeness (QED) is 0.815. The molecule has 110 valence electrons. The lowest BCUT2D eigenvalue weighted by Gasteiger charge is -2.30. The highest BCUT2D eigenvalue weighted by molar-refractivity contribution is 6.31. The third-order valence-electron chi connectivity index (χ3n) is 3.69. The summed E-state index contributed by atoms with van der Waals surface area (Å²) >= 11 is 5.96. The van der Waals surface area contributed by atoms with Gasteiger partial charge in [-0.2, -0.15) is 0 Å². The molecule has 0 saturated carbocycles. The van der Waals surface area contributed by atoms with Crippen molar-refractivity contribution >= 4 is 23.4 Å². The van der Waals surface area contributed by atoms with Crippen molar-refractivity contribution in [1.29, 1.82) is 0 Å². The molecule has 1 aliphatic heterocycles. The van der Waals surface area contributed by atoms with Crippen molar-refractivity contribution in [3.05, 3.63) is 40.7 Å². The van der Waals surface area contributed by atoms with E-state index in [1.165, 1.54) is 0 Å². The summed E-state index contributed by atoms with van der Waals surface area (Å²) in [6.45, 7) is 3.20. The van der Waals surface area contributed by atoms with Crippen LogP contribution in [0.3, 0.4) is 0 Å². The van der Waals surface area contributed by atoms with E-state index in [1.54, 1.807) is 25.1 Å². The van der Waals surface area contributed by atoms with Gasteiger partial charge in [-0.25, -0.2) is 0 Å². The number of benzene rings is 1. The number of ketones is 1. The smallest absolute Gasteiger partial charge is 0.318 e. The second-order valence-electron chi connectivity index (χ2n) is 5.26. The average Bonchev–Trinajstić information content (AvgIpc) is 2.93. The molecule has 21 heavy (non-hydrogen) atoms. The lowest BCUT2D eigenvalue weighted by atomic mass is 9.90. The largest absolute Gasteiger partial charge is 0.408 e. The SMILES string of the molecule is Cc1nnc(N2CCC[C@@H](C(=O)c3cccc(Cl)c3)C2)o1. The Labute approximate surface area is 127 Å². The van der Waals surface area contributed by atoms with Gasteiger partial charge < -0.3 is 9.32 Å². The molecule has 6 heteroatoms. The highest BCUT2D eigenvalue weighted by atomic mass is 35.5. The van der Waals surface area contributed by atoms with Gasteiger partial charge in [-0.3, -0.25) is 4.79 Å². The van der Waals surface area contributed by atoms with E-state index in [9.17, 15) is 4.79 Å². The van der Waals surface area contributed by atoms with Crippen LogP contribution in [0.15, 0.2) is 28.7 Å². The lowest BCUT2D eigenvalue weighted by molar-refractivity contribution is 0.0906. The molecule has 1 atom stereocenters. The summed E-state index contributed by atoms with van der Waals surface area (Å²) in [4.78, 5) is 14.6. The van der Waals surface area contributed by atoms with Crippen LogP contribution >= 0.6 is 11.6 Å². The Balaban J connectivity index is 1.75. The molecule has 3 rings (SSSR count). The van der Waals surface area contributed by atoms with Gasteiger partial charge in [0.05, 0.1) is 0 Å². The van der Waals surface area contributed by atoms with Crippen molar-refractivity contribution < 1.29 is 9.21 Å². The zero-order chi connectivity index (χ0) is 14.8. The lowest BCUT2D eigenvalue weighted by Crippen LogP contribution is -2.39. The van der Waals surface area contributed by atoms with Crippen LogP contribution in [0, 0.1) is 12.8 Å². The molecule has 0 amide bonds. The molecule has 0 N–H and O–H groups in total. The summed E-state index contributed by atoms with van der Waals surface area (Å²) in [5.74, 6) is 0.594. The van der Waals surface area contributed by atoms with Gasteiger partial charge in [-0.1, -0.05) is 28.8 Å². The number of nitrogens with zero attached hydrogens (tertiary/aromatic N) is 3. The van der Waals surface area contributed by atoms with Gasteiger partial charge in [0.15, 0.2) is 5.78 Å². The first kappa shape index (κ1) is 14.1. The van der Waals surface area contributed by atoms with Crippen LogP contribution in [0.5, 0.6) is 0 Å². The van der Waals surface area contributed by atoms with Crippen LogP contribution in [0.4, 0.5) is 6.01 Å². The number of Topliss-reactive ketones (excluding diaryl/α,β-unsaturated/α-hetero) is 1. The van der Waals surface area contributed by atoms with E-state index in [4.69, 9.17) is 16.0 Å². The van der Waals surface area contributed by atoms with Gasteiger partial charge in [0.25, 0.3) is 0 Å². The minimum absolute atomic E-state index is 0.0653. The summed E-state index contributed by atoms with van der Waals surface area (Å²) in [7, 11) is 0. The molecule has 5 nitrogen and oxygen atoms in total. The fourth-order valence-electron chi connectivity index (χ4n) is 2.66. The first-order chi connectivity index (χ1) is 10.1. The van der Waals surface area contributed by atoms with Gasteiger partial charge in [-0.05, 0) is 25.0 Å². The number of hydrogen-bond acceptors (Lipinski definition) is 5. The molecular weight excluding hydrogens is 290 g/mol. The molecule has 0 radical (unpaired) electrons. The molecule has 2 aromatic rings. The minimum Gasteiger partial charge on any atom is -0.408 e. The molecule has 1 aliphatic rings. The molecule has 0 spiro atoms. The Kier molecular flexibility index (Phi) is 3.92. The molecule has 1 aromatic heterocycles. The van der Waals surface area contributed by atoms with Gasteiger partial charge in [-0.15, -0.1) is 5.10 Å². The number of carbonyl (C=O) groups excluding carboxylic acids is 1. The fourth-order valence-corrected chi connectivity index (χ4v) is 2.85. The molecule has 0 bridgehead atoms. The van der Waals surface area contributed by atoms with Crippen LogP contribution in [0.1, 0.15) is 29.1 Å². The van der Waals surface area contributed by atoms with E-state index in [0.717, 1.165) is 19.4 Å². The van der Waals surface area contributed by atoms with Gasteiger partial charge in [0.2, 0.25) is 5.89 Å². The van der Waals surface area contributed by atoms with Crippen LogP contribution in [0.2, 0.25) is 5.02 Å². The second-order valence-corrected chi connectivity index (χ2v) is 5.70. The maximum atomic E-state index is 12.6. The number of halogens is 1. The van der Waals surface area contributed by atoms with Crippen molar-refractivity contribution in [1.82, 2.24) is 10.2 Å². The van der Waals surface area contributed by atoms with Crippen molar-refractivity contribution in [3.63, 3.8) is 0 Å². The van der Waals surface area contributed by atoms with Gasteiger partial charge >= 0.3 is 6.01 Å². The third-order valence-corrected chi connectivity index (χ3v) is 3.92. The van der Waals surface area contributed by atoms with Crippen molar-refractivity contribution in [2.24, 2.45) is 5.92 Å². The normalized spacial score (nSPS) is 18.8. The predicted octanol–water partition coefficient (Wildman–Crippen LogP) is 3.13. The van der Waals surface area contributed by atoms with Crippen LogP contribution in [-0.2, 0) is 0 Å². The van der Waals surface area contributed by atoms with Gasteiger partial charge in [0, 0.05) is 36.5 Å². The summed E-state index contributed by atoms with van der Waals surface area (Å²) in [5, 5.41) is 8.45. The van der Waals surface area contributed by atoms with Crippen LogP contribution in [-0.4, -0.2) is 29.1 Å². The van der Waals surface area contributed by atoms with E-state index in [2.05, 4.69) is 10.2 Å². The van der Waals surface area contributed by atoms with Gasteiger partial charge in [0.1, 0.15) is 0 Å². The highest BCUT2D eigenvalue weighted by Gasteiger charge is 2.28. The highest BCUT2D eigenvalue weighted by Crippen LogP contribution is 2.25. The predicted molar refractivity (Wildman–Crippen MR) is 79.8 cm³/mol. The Hall–Kier alpha value is -1.88. The number of piperidine rings is 1. The maximum absolute atomic E-state index is 12.6. The Morgan fingerprint density at radius 1 is 1.43 bits per heavy atom. The molecule has 0 unspecified atom stereocenters. The number of carbonyl (C=O) groups is 1. The summed E-state index contributed by atoms with van der Waals surface area (Å²) in [5.41, 5.74) is 0.663. The molecule has 1 aromatic carbocycles. The summed E-state index contributed by atoms with van der Waals surface area (Å²) < 4.78 is 5.45. The average molecular weight is 306 g/mol. The first-order valence-corrected chi connectivity index (χ1v) is 7.36. The van der Waals surface area contributed by atoms with Crippen molar-refractivity contribution in [2.45, 2.75) is 19.8 Å². The number of rotatable bonds is 3. The maximum Gasteiger partial charge on any atom is 0.318 e. The third kappa shape index (κ3) is 3.08. The standard InChI is InChI=1S/C15H16ClN3O2/c1-10-17-18-15(21-10)19-7-3-5-12(9-19)14(20)11-4-2-6-13(16)8-11/h2,4,6,8,12H,3,5,7,9H2,1H3/t12-/m1/s1. The zero-order valence-electron chi connectivity index (χ0n) is 11.8. The number of anilines is 1. The van der Waals surface area contributed by atoms with E-state index in [0.29, 0.717) is 29.0 Å². The Bertz CT molecular complexity index is 656. The molecular formula is C15H16ClN3O2. The Morgan fingerprint density at radius 2 is 2.29 bits per heavy atom. The van der Waals surface area contributed by atoms with Crippen LogP contribution < -0.4 is 4.90 Å². The second kappa shape index (κ2) is 5.85. The number of aryl methyl sites for hydroxylation is 1. The number of aromatic nitrogens is 2. The zero-order valence-corrected chi connectivity index (χ0v) is 12.5. The van der Waals surface area contributed by atoms with Crippen molar-refractivity contribution in [3.8, 4) is 0 Å². The molecule has 1 fully saturated rings. The van der Waals surface area contributed by atoms with E-state index in [1.807, 2.05) is 11.0 Å². The topological polar surface area (TPSA) is 59.2 Å². The number of hydrogen-bond donors (Lipinski definition) is 0. The Morgan fingerprint density at radius 3 is 3.00 bits per heavy atom. The van der Waals surface area contributed by atoms with E-state index in [-0.39, 0.29) is 11.7 Å². The van der Waals surface area contributed by atoms with E-state index < -0.39 is 0 Å². The van der Waals surface area contributed by atoms with Crippen molar-refractivity contribution in [2.75, 3.05) is 18.0 Å². The van der Waals surface area contributed by atoms with E-state index >= 15 is 0 Å². The van der Waals surface area contributed by atoms with Crippen LogP contribution in [0.25, 0.3) is 0 Å². The summed E-state index contributed by atoms with van der Waals surface area (Å²) in [6, 6.07) is 7.60. The molecule has 2 heterocycles. The molecule has 0 aliphatic carbocycles. The fraction of sp³-hybridized carbons (Fsp3) is 0.400. The summed E-state index contributed by atoms with van der Waals surface area (Å²) in [6.07, 6.45) is 1.80.